The second-order valence-corrected chi connectivity index (χ2v) is 9.55. The van der Waals surface area contributed by atoms with Gasteiger partial charge in [0.05, 0.1) is 25.4 Å². The number of esters is 1. The lowest BCUT2D eigenvalue weighted by atomic mass is 9.81. The molecule has 0 unspecified atom stereocenters. The highest BCUT2D eigenvalue weighted by Gasteiger charge is 2.40. The summed E-state index contributed by atoms with van der Waals surface area (Å²) in [6, 6.07) is 0. The number of halogens is 1. The van der Waals surface area contributed by atoms with Gasteiger partial charge in [0.25, 0.3) is 0 Å². The number of aliphatic hydroxyl groups is 2. The average molecular weight is 445 g/mol. The summed E-state index contributed by atoms with van der Waals surface area (Å²) in [4.78, 5) is 11.5. The highest BCUT2D eigenvalue weighted by Crippen LogP contribution is 2.42. The van der Waals surface area contributed by atoms with Gasteiger partial charge in [-0.1, -0.05) is 44.8 Å². The minimum Gasteiger partial charge on any atom is -0.464 e. The maximum Gasteiger partial charge on any atom is 0.332 e. The summed E-state index contributed by atoms with van der Waals surface area (Å²) in [6.45, 7) is 2.83. The van der Waals surface area contributed by atoms with Gasteiger partial charge in [-0.25, -0.2) is 4.79 Å². The van der Waals surface area contributed by atoms with Gasteiger partial charge in [-0.3, -0.25) is 0 Å². The van der Waals surface area contributed by atoms with Crippen LogP contribution in [0.5, 0.6) is 0 Å². The van der Waals surface area contributed by atoms with E-state index in [-0.39, 0.29) is 35.9 Å². The van der Waals surface area contributed by atoms with E-state index >= 15 is 0 Å². The quantitative estimate of drug-likeness (QED) is 0.187. The van der Waals surface area contributed by atoms with Crippen LogP contribution in [-0.4, -0.2) is 53.6 Å². The van der Waals surface area contributed by atoms with Crippen molar-refractivity contribution >= 4 is 17.6 Å². The molecule has 2 rings (SSSR count). The second kappa shape index (κ2) is 14.4. The summed E-state index contributed by atoms with van der Waals surface area (Å²) in [5.41, 5.74) is 0. The van der Waals surface area contributed by atoms with Crippen LogP contribution in [0.3, 0.4) is 0 Å². The van der Waals surface area contributed by atoms with Crippen LogP contribution in [0.25, 0.3) is 0 Å². The number of carbonyl (C=O) groups is 1. The lowest BCUT2D eigenvalue weighted by Crippen LogP contribution is -2.26. The lowest BCUT2D eigenvalue weighted by Gasteiger charge is -2.29. The van der Waals surface area contributed by atoms with Crippen LogP contribution in [0.15, 0.2) is 12.2 Å². The van der Waals surface area contributed by atoms with Gasteiger partial charge in [-0.15, -0.1) is 11.6 Å². The molecule has 5 nitrogen and oxygen atoms in total. The predicted molar refractivity (Wildman–Crippen MR) is 120 cm³/mol. The SMILES string of the molecule is CCCCOC(=O)COCC=CC[C@@H]1[C@@H](CC[C@@H](O)C2CCCCC2)[C@H](O)C[C@H]1Cl. The van der Waals surface area contributed by atoms with Crippen molar-refractivity contribution in [2.45, 2.75) is 95.1 Å². The number of carbonyl (C=O) groups excluding carboxylic acids is 1. The lowest BCUT2D eigenvalue weighted by molar-refractivity contribution is -0.148. The van der Waals surface area contributed by atoms with Crippen molar-refractivity contribution in [3.05, 3.63) is 12.2 Å². The van der Waals surface area contributed by atoms with E-state index in [4.69, 9.17) is 21.1 Å². The third kappa shape index (κ3) is 8.86. The fraction of sp³-hybridized carbons (Fsp3) is 0.875. The number of alkyl halides is 1. The van der Waals surface area contributed by atoms with Crippen molar-refractivity contribution in [2.75, 3.05) is 19.8 Å². The van der Waals surface area contributed by atoms with Gasteiger partial charge in [0.15, 0.2) is 0 Å². The van der Waals surface area contributed by atoms with Crippen LogP contribution in [0.1, 0.15) is 77.6 Å². The third-order valence-electron chi connectivity index (χ3n) is 6.73. The third-order valence-corrected chi connectivity index (χ3v) is 7.24. The first-order valence-corrected chi connectivity index (χ1v) is 12.3. The van der Waals surface area contributed by atoms with E-state index in [0.29, 0.717) is 25.6 Å². The fourth-order valence-corrected chi connectivity index (χ4v) is 5.36. The molecule has 0 spiro atoms. The van der Waals surface area contributed by atoms with Crippen molar-refractivity contribution in [3.63, 3.8) is 0 Å². The minimum absolute atomic E-state index is 0.0317. The molecule has 30 heavy (non-hydrogen) atoms. The summed E-state index contributed by atoms with van der Waals surface area (Å²) < 4.78 is 10.4. The molecule has 0 aliphatic heterocycles. The van der Waals surface area contributed by atoms with E-state index in [1.54, 1.807) is 0 Å². The summed E-state index contributed by atoms with van der Waals surface area (Å²) >= 11 is 6.53. The Kier molecular flexibility index (Phi) is 12.3. The van der Waals surface area contributed by atoms with Crippen molar-refractivity contribution in [3.8, 4) is 0 Å². The molecule has 0 heterocycles. The van der Waals surface area contributed by atoms with Gasteiger partial charge in [0, 0.05) is 5.38 Å². The summed E-state index contributed by atoms with van der Waals surface area (Å²) in [5.74, 6) is 0.432. The summed E-state index contributed by atoms with van der Waals surface area (Å²) in [6.07, 6.45) is 14.1. The largest absolute Gasteiger partial charge is 0.464 e. The zero-order valence-corrected chi connectivity index (χ0v) is 19.3. The van der Waals surface area contributed by atoms with Crippen molar-refractivity contribution in [1.82, 2.24) is 0 Å². The van der Waals surface area contributed by atoms with E-state index in [2.05, 4.69) is 0 Å². The zero-order valence-electron chi connectivity index (χ0n) is 18.5. The second-order valence-electron chi connectivity index (χ2n) is 8.99. The Balaban J connectivity index is 1.68. The number of unbranched alkanes of at least 4 members (excludes halogenated alkanes) is 1. The number of allylic oxidation sites excluding steroid dienone is 1. The highest BCUT2D eigenvalue weighted by atomic mass is 35.5. The molecule has 2 aliphatic carbocycles. The van der Waals surface area contributed by atoms with Crippen LogP contribution < -0.4 is 0 Å². The fourth-order valence-electron chi connectivity index (χ4n) is 4.88. The zero-order chi connectivity index (χ0) is 21.8. The van der Waals surface area contributed by atoms with Crippen molar-refractivity contribution < 1.29 is 24.5 Å². The molecule has 0 saturated heterocycles. The predicted octanol–water partition coefficient (Wildman–Crippen LogP) is 4.62. The monoisotopic (exact) mass is 444 g/mol. The molecule has 2 aliphatic rings. The van der Waals surface area contributed by atoms with Gasteiger partial charge in [-0.05, 0) is 62.7 Å². The molecule has 0 aromatic rings. The van der Waals surface area contributed by atoms with E-state index in [1.807, 2.05) is 19.1 Å². The Hall–Kier alpha value is -0.620. The van der Waals surface area contributed by atoms with Gasteiger partial charge < -0.3 is 19.7 Å². The minimum atomic E-state index is -0.390. The topological polar surface area (TPSA) is 76.0 Å². The number of aliphatic hydroxyl groups excluding tert-OH is 2. The molecule has 174 valence electrons. The van der Waals surface area contributed by atoms with Gasteiger partial charge >= 0.3 is 5.97 Å². The maximum absolute atomic E-state index is 11.5. The molecule has 2 fully saturated rings. The molecule has 5 atom stereocenters. The first-order chi connectivity index (χ1) is 14.5. The Bertz CT molecular complexity index is 506. The van der Waals surface area contributed by atoms with E-state index in [9.17, 15) is 15.0 Å². The maximum atomic E-state index is 11.5. The highest BCUT2D eigenvalue weighted by molar-refractivity contribution is 6.21. The average Bonchev–Trinajstić information content (AvgIpc) is 3.01. The molecule has 0 aromatic carbocycles. The van der Waals surface area contributed by atoms with Crippen LogP contribution in [0.4, 0.5) is 0 Å². The Morgan fingerprint density at radius 2 is 1.97 bits per heavy atom. The molecule has 0 amide bonds. The Morgan fingerprint density at radius 3 is 2.70 bits per heavy atom. The molecular weight excluding hydrogens is 404 g/mol. The standard InChI is InChI=1S/C24H41ClO5/c1-2-3-15-30-24(28)17-29-14-8-7-11-19-20(23(27)16-21(19)25)12-13-22(26)18-9-5-4-6-10-18/h7-8,18-23,26-27H,2-6,9-17H2,1H3/t19-,20-,21-,22-,23-/m1/s1. The molecule has 2 N–H and O–H groups in total. The molecule has 6 heteroatoms. The Morgan fingerprint density at radius 1 is 1.20 bits per heavy atom. The van der Waals surface area contributed by atoms with E-state index in [0.717, 1.165) is 44.9 Å². The van der Waals surface area contributed by atoms with Gasteiger partial charge in [0.1, 0.15) is 6.61 Å². The van der Waals surface area contributed by atoms with E-state index < -0.39 is 6.10 Å². The number of rotatable bonds is 13. The van der Waals surface area contributed by atoms with Gasteiger partial charge in [-0.2, -0.15) is 0 Å². The van der Waals surface area contributed by atoms with Crippen LogP contribution >= 0.6 is 11.6 Å². The van der Waals surface area contributed by atoms with E-state index in [1.165, 1.54) is 19.3 Å². The smallest absolute Gasteiger partial charge is 0.332 e. The van der Waals surface area contributed by atoms with Gasteiger partial charge in [0.2, 0.25) is 0 Å². The molecular formula is C24H41ClO5. The van der Waals surface area contributed by atoms with Crippen LogP contribution in [0, 0.1) is 17.8 Å². The van der Waals surface area contributed by atoms with Crippen molar-refractivity contribution in [1.29, 1.82) is 0 Å². The first-order valence-electron chi connectivity index (χ1n) is 11.9. The number of hydrogen-bond donors (Lipinski definition) is 2. The van der Waals surface area contributed by atoms with Crippen LogP contribution in [0.2, 0.25) is 0 Å². The first kappa shape index (κ1) is 25.6. The molecule has 0 radical (unpaired) electrons. The number of hydrogen-bond acceptors (Lipinski definition) is 5. The molecule has 0 bridgehead atoms. The Labute approximate surface area is 187 Å². The number of ether oxygens (including phenoxy) is 2. The van der Waals surface area contributed by atoms with Crippen LogP contribution in [-0.2, 0) is 14.3 Å². The summed E-state index contributed by atoms with van der Waals surface area (Å²) in [7, 11) is 0. The molecule has 0 aromatic heterocycles. The summed E-state index contributed by atoms with van der Waals surface area (Å²) in [5, 5.41) is 21.0. The normalized spacial score (nSPS) is 28.8. The van der Waals surface area contributed by atoms with Crippen molar-refractivity contribution in [2.24, 2.45) is 17.8 Å². The molecule has 2 saturated carbocycles.